The Morgan fingerprint density at radius 1 is 1.36 bits per heavy atom. The second-order valence-electron chi connectivity index (χ2n) is 1.86. The monoisotopic (exact) mass is 172 g/mol. The van der Waals surface area contributed by atoms with E-state index in [0.717, 1.165) is 12.1 Å². The van der Waals surface area contributed by atoms with Crippen molar-refractivity contribution in [2.75, 3.05) is 0 Å². The van der Waals surface area contributed by atoms with E-state index < -0.39 is 17.2 Å². The first kappa shape index (κ1) is 8.03. The van der Waals surface area contributed by atoms with Crippen LogP contribution >= 0.6 is 11.6 Å². The Bertz CT molecular complexity index is 326. The van der Waals surface area contributed by atoms with Crippen molar-refractivity contribution in [3.63, 3.8) is 0 Å². The molecule has 1 aromatic rings. The van der Waals surface area contributed by atoms with Crippen LogP contribution in [-0.4, -0.2) is 0 Å². The summed E-state index contributed by atoms with van der Waals surface area (Å²) in [5.41, 5.74) is -0.419. The average molecular weight is 173 g/mol. The number of terminal acetylenes is 1. The van der Waals surface area contributed by atoms with Crippen LogP contribution in [0.15, 0.2) is 12.1 Å². The third-order valence-electron chi connectivity index (χ3n) is 1.19. The van der Waals surface area contributed by atoms with Crippen molar-refractivity contribution >= 4 is 11.6 Å². The zero-order chi connectivity index (χ0) is 8.43. The van der Waals surface area contributed by atoms with Crippen LogP contribution in [0, 0.1) is 24.0 Å². The van der Waals surface area contributed by atoms with E-state index in [2.05, 4.69) is 0 Å². The molecule has 3 heteroatoms. The molecule has 0 radical (unpaired) electrons. The molecule has 0 atom stereocenters. The van der Waals surface area contributed by atoms with Crippen LogP contribution in [0.1, 0.15) is 5.56 Å². The van der Waals surface area contributed by atoms with Gasteiger partial charge in [-0.1, -0.05) is 17.5 Å². The molecule has 0 fully saturated rings. The molecule has 11 heavy (non-hydrogen) atoms. The standard InChI is InChI=1S/C8H3ClF2/c1-2-5-7(10)4-3-6(9)8(5)11/h1,3-4H. The van der Waals surface area contributed by atoms with Gasteiger partial charge in [0.1, 0.15) is 5.82 Å². The highest BCUT2D eigenvalue weighted by Gasteiger charge is 2.09. The molecule has 1 rings (SSSR count). The summed E-state index contributed by atoms with van der Waals surface area (Å²) in [6.07, 6.45) is 4.83. The van der Waals surface area contributed by atoms with Gasteiger partial charge in [0.05, 0.1) is 10.6 Å². The van der Waals surface area contributed by atoms with Crippen molar-refractivity contribution < 1.29 is 8.78 Å². The topological polar surface area (TPSA) is 0 Å². The maximum absolute atomic E-state index is 12.7. The molecule has 0 saturated heterocycles. The van der Waals surface area contributed by atoms with E-state index in [4.69, 9.17) is 18.0 Å². The summed E-state index contributed by atoms with van der Waals surface area (Å²) >= 11 is 5.33. The van der Waals surface area contributed by atoms with E-state index >= 15 is 0 Å². The molecule has 0 aliphatic carbocycles. The minimum absolute atomic E-state index is 0.167. The number of hydrogen-bond acceptors (Lipinski definition) is 0. The first-order valence-corrected chi connectivity index (χ1v) is 3.14. The molecular weight excluding hydrogens is 170 g/mol. The van der Waals surface area contributed by atoms with Gasteiger partial charge in [-0.15, -0.1) is 6.42 Å². The van der Waals surface area contributed by atoms with Gasteiger partial charge in [0.25, 0.3) is 0 Å². The van der Waals surface area contributed by atoms with Gasteiger partial charge in [-0.3, -0.25) is 0 Å². The normalized spacial score (nSPS) is 9.27. The van der Waals surface area contributed by atoms with Crippen molar-refractivity contribution in [2.24, 2.45) is 0 Å². The number of benzene rings is 1. The number of hydrogen-bond donors (Lipinski definition) is 0. The molecule has 0 amide bonds. The van der Waals surface area contributed by atoms with E-state index in [1.807, 2.05) is 5.92 Å². The fraction of sp³-hybridized carbons (Fsp3) is 0. The molecule has 1 aromatic carbocycles. The van der Waals surface area contributed by atoms with E-state index in [0.29, 0.717) is 0 Å². The molecule has 56 valence electrons. The van der Waals surface area contributed by atoms with Crippen molar-refractivity contribution in [3.8, 4) is 12.3 Å². The Hall–Kier alpha value is -1.07. The van der Waals surface area contributed by atoms with E-state index in [-0.39, 0.29) is 5.02 Å². The molecule has 0 nitrogen and oxygen atoms in total. The third kappa shape index (κ3) is 1.33. The third-order valence-corrected chi connectivity index (χ3v) is 1.48. The van der Waals surface area contributed by atoms with Crippen LogP contribution in [0.4, 0.5) is 8.78 Å². The summed E-state index contributed by atoms with van der Waals surface area (Å²) < 4.78 is 25.3. The second-order valence-corrected chi connectivity index (χ2v) is 2.27. The average Bonchev–Trinajstić information content (AvgIpc) is 1.99. The van der Waals surface area contributed by atoms with Crippen LogP contribution in [0.25, 0.3) is 0 Å². The van der Waals surface area contributed by atoms with Crippen molar-refractivity contribution in [1.82, 2.24) is 0 Å². The van der Waals surface area contributed by atoms with Crippen molar-refractivity contribution in [3.05, 3.63) is 34.4 Å². The van der Waals surface area contributed by atoms with Crippen LogP contribution < -0.4 is 0 Å². The summed E-state index contributed by atoms with van der Waals surface area (Å²) in [5.74, 6) is 0.220. The first-order valence-electron chi connectivity index (χ1n) is 2.77. The molecule has 0 bridgehead atoms. The lowest BCUT2D eigenvalue weighted by atomic mass is 10.2. The predicted octanol–water partition coefficient (Wildman–Crippen LogP) is 2.60. The summed E-state index contributed by atoms with van der Waals surface area (Å²) in [6.45, 7) is 0. The fourth-order valence-electron chi connectivity index (χ4n) is 0.659. The lowest BCUT2D eigenvalue weighted by Crippen LogP contribution is -1.89. The minimum Gasteiger partial charge on any atom is -0.206 e. The van der Waals surface area contributed by atoms with Crippen molar-refractivity contribution in [2.45, 2.75) is 0 Å². The predicted molar refractivity (Wildman–Crippen MR) is 39.3 cm³/mol. The van der Waals surface area contributed by atoms with Gasteiger partial charge < -0.3 is 0 Å². The maximum Gasteiger partial charge on any atom is 0.160 e. The zero-order valence-electron chi connectivity index (χ0n) is 5.37. The lowest BCUT2D eigenvalue weighted by Gasteiger charge is -1.97. The Kier molecular flexibility index (Phi) is 2.11. The molecule has 0 aliphatic rings. The van der Waals surface area contributed by atoms with Gasteiger partial charge >= 0.3 is 0 Å². The van der Waals surface area contributed by atoms with E-state index in [1.54, 1.807) is 0 Å². The Balaban J connectivity index is 3.44. The SMILES string of the molecule is C#Cc1c(F)ccc(Cl)c1F. The summed E-state index contributed by atoms with van der Waals surface area (Å²) in [4.78, 5) is 0. The van der Waals surface area contributed by atoms with Crippen molar-refractivity contribution in [1.29, 1.82) is 0 Å². The molecule has 0 aliphatic heterocycles. The number of halogens is 3. The molecular formula is C8H3ClF2. The Morgan fingerprint density at radius 2 is 2.00 bits per heavy atom. The van der Waals surface area contributed by atoms with Gasteiger partial charge in [0.15, 0.2) is 5.82 Å². The van der Waals surface area contributed by atoms with Crippen LogP contribution in [0.5, 0.6) is 0 Å². The largest absolute Gasteiger partial charge is 0.206 e. The second kappa shape index (κ2) is 2.89. The zero-order valence-corrected chi connectivity index (χ0v) is 6.12. The molecule has 0 aromatic heterocycles. The summed E-state index contributed by atoms with van der Waals surface area (Å²) in [5, 5.41) is -0.167. The fourth-order valence-corrected chi connectivity index (χ4v) is 0.817. The highest BCUT2D eigenvalue weighted by atomic mass is 35.5. The maximum atomic E-state index is 12.7. The van der Waals surface area contributed by atoms with Gasteiger partial charge in [0.2, 0.25) is 0 Å². The molecule has 0 spiro atoms. The smallest absolute Gasteiger partial charge is 0.160 e. The van der Waals surface area contributed by atoms with Gasteiger partial charge in [0, 0.05) is 0 Å². The molecule has 0 heterocycles. The lowest BCUT2D eigenvalue weighted by molar-refractivity contribution is 0.578. The van der Waals surface area contributed by atoms with E-state index in [9.17, 15) is 8.78 Å². The Labute approximate surface area is 67.8 Å². The van der Waals surface area contributed by atoms with E-state index in [1.165, 1.54) is 0 Å². The highest BCUT2D eigenvalue weighted by Crippen LogP contribution is 2.19. The summed E-state index contributed by atoms with van der Waals surface area (Å²) in [7, 11) is 0. The minimum atomic E-state index is -0.880. The molecule has 0 N–H and O–H groups in total. The van der Waals surface area contributed by atoms with Gasteiger partial charge in [-0.25, -0.2) is 8.78 Å². The van der Waals surface area contributed by atoms with Gasteiger partial charge in [-0.2, -0.15) is 0 Å². The Morgan fingerprint density at radius 3 is 2.45 bits per heavy atom. The molecule has 0 saturated carbocycles. The summed E-state index contributed by atoms with van der Waals surface area (Å²) in [6, 6.07) is 2.15. The molecule has 0 unspecified atom stereocenters. The van der Waals surface area contributed by atoms with Crippen LogP contribution in [0.3, 0.4) is 0 Å². The number of rotatable bonds is 0. The quantitative estimate of drug-likeness (QED) is 0.417. The van der Waals surface area contributed by atoms with Crippen LogP contribution in [-0.2, 0) is 0 Å². The van der Waals surface area contributed by atoms with Gasteiger partial charge in [-0.05, 0) is 12.1 Å². The van der Waals surface area contributed by atoms with Crippen LogP contribution in [0.2, 0.25) is 5.02 Å². The first-order chi connectivity index (χ1) is 5.16. The highest BCUT2D eigenvalue weighted by molar-refractivity contribution is 6.30.